The Hall–Kier alpha value is -1.30. The van der Waals surface area contributed by atoms with Gasteiger partial charge in [0.25, 0.3) is 0 Å². The molecule has 6 nitrogen and oxygen atoms in total. The quantitative estimate of drug-likeness (QED) is 0.757. The highest BCUT2D eigenvalue weighted by atomic mass is 16.5. The van der Waals surface area contributed by atoms with Crippen LogP contribution in [0.1, 0.15) is 26.2 Å². The van der Waals surface area contributed by atoms with Crippen LogP contribution < -0.4 is 5.32 Å². The van der Waals surface area contributed by atoms with Gasteiger partial charge in [0, 0.05) is 24.6 Å². The van der Waals surface area contributed by atoms with Crippen LogP contribution in [0.15, 0.2) is 0 Å². The molecule has 2 rings (SSSR count). The Morgan fingerprint density at radius 3 is 2.67 bits per heavy atom. The second-order valence-corrected chi connectivity index (χ2v) is 5.11. The van der Waals surface area contributed by atoms with Crippen molar-refractivity contribution in [1.29, 1.82) is 0 Å². The standard InChI is InChI=1S/C12H20N2O4/c1-8(9-4-5-18-7-9)13-12(17)14(6-11(15)16)10-2-3-10/h8-10H,2-7H2,1H3,(H,13,17)(H,15,16). The lowest BCUT2D eigenvalue weighted by Gasteiger charge is -2.25. The summed E-state index contributed by atoms with van der Waals surface area (Å²) < 4.78 is 5.29. The van der Waals surface area contributed by atoms with Gasteiger partial charge in [0.15, 0.2) is 0 Å². The predicted octanol–water partition coefficient (Wildman–Crippen LogP) is 0.670. The number of nitrogens with zero attached hydrogens (tertiary/aromatic N) is 1. The number of urea groups is 1. The normalized spacial score (nSPS) is 24.6. The summed E-state index contributed by atoms with van der Waals surface area (Å²) in [5.74, 6) is -0.631. The van der Waals surface area contributed by atoms with Crippen LogP contribution in [0.2, 0.25) is 0 Å². The Morgan fingerprint density at radius 2 is 2.17 bits per heavy atom. The summed E-state index contributed by atoms with van der Waals surface area (Å²) >= 11 is 0. The largest absolute Gasteiger partial charge is 0.480 e. The van der Waals surface area contributed by atoms with Crippen LogP contribution in [-0.2, 0) is 9.53 Å². The highest BCUT2D eigenvalue weighted by Gasteiger charge is 2.35. The van der Waals surface area contributed by atoms with E-state index in [1.165, 1.54) is 4.90 Å². The molecule has 1 saturated carbocycles. The molecule has 2 unspecified atom stereocenters. The summed E-state index contributed by atoms with van der Waals surface area (Å²) in [6, 6.07) is -0.137. The van der Waals surface area contributed by atoms with Crippen molar-refractivity contribution >= 4 is 12.0 Å². The second kappa shape index (κ2) is 5.56. The smallest absolute Gasteiger partial charge is 0.323 e. The summed E-state index contributed by atoms with van der Waals surface area (Å²) in [6.45, 7) is 3.14. The number of carbonyl (C=O) groups excluding carboxylic acids is 1. The molecule has 1 heterocycles. The lowest BCUT2D eigenvalue weighted by molar-refractivity contribution is -0.137. The van der Waals surface area contributed by atoms with Gasteiger partial charge in [0.1, 0.15) is 6.54 Å². The van der Waals surface area contributed by atoms with Crippen LogP contribution in [0.3, 0.4) is 0 Å². The number of nitrogens with one attached hydrogen (secondary N) is 1. The number of ether oxygens (including phenoxy) is 1. The minimum Gasteiger partial charge on any atom is -0.480 e. The molecule has 1 aliphatic carbocycles. The first-order chi connectivity index (χ1) is 8.58. The van der Waals surface area contributed by atoms with E-state index in [0.717, 1.165) is 25.9 Å². The van der Waals surface area contributed by atoms with Gasteiger partial charge in [-0.3, -0.25) is 4.79 Å². The molecular formula is C12H20N2O4. The molecule has 0 aromatic rings. The fourth-order valence-corrected chi connectivity index (χ4v) is 2.24. The van der Waals surface area contributed by atoms with E-state index in [2.05, 4.69) is 5.32 Å². The molecular weight excluding hydrogens is 236 g/mol. The molecule has 0 aromatic carbocycles. The van der Waals surface area contributed by atoms with E-state index in [9.17, 15) is 9.59 Å². The van der Waals surface area contributed by atoms with Gasteiger partial charge in [-0.05, 0) is 26.2 Å². The van der Waals surface area contributed by atoms with Crippen molar-refractivity contribution in [2.24, 2.45) is 5.92 Å². The molecule has 1 saturated heterocycles. The average Bonchev–Trinajstić information content (AvgIpc) is 2.99. The minimum absolute atomic E-state index is 0.0232. The van der Waals surface area contributed by atoms with Crippen molar-refractivity contribution in [2.45, 2.75) is 38.3 Å². The number of hydrogen-bond donors (Lipinski definition) is 2. The number of rotatable bonds is 5. The molecule has 102 valence electrons. The molecule has 0 radical (unpaired) electrons. The summed E-state index contributed by atoms with van der Waals surface area (Å²) in [7, 11) is 0. The van der Waals surface area contributed by atoms with Crippen LogP contribution in [0.4, 0.5) is 4.79 Å². The van der Waals surface area contributed by atoms with Crippen molar-refractivity contribution in [2.75, 3.05) is 19.8 Å². The van der Waals surface area contributed by atoms with E-state index in [1.807, 2.05) is 6.92 Å². The molecule has 2 fully saturated rings. The minimum atomic E-state index is -0.964. The summed E-state index contributed by atoms with van der Waals surface area (Å²) in [6.07, 6.45) is 2.76. The molecule has 1 aliphatic heterocycles. The number of carbonyl (C=O) groups is 2. The van der Waals surface area contributed by atoms with Gasteiger partial charge in [-0.15, -0.1) is 0 Å². The van der Waals surface area contributed by atoms with Gasteiger partial charge in [-0.2, -0.15) is 0 Å². The zero-order valence-electron chi connectivity index (χ0n) is 10.6. The second-order valence-electron chi connectivity index (χ2n) is 5.11. The van der Waals surface area contributed by atoms with Crippen LogP contribution in [0.5, 0.6) is 0 Å². The lowest BCUT2D eigenvalue weighted by atomic mass is 10.0. The van der Waals surface area contributed by atoms with Gasteiger partial charge in [-0.25, -0.2) is 4.79 Å². The van der Waals surface area contributed by atoms with Crippen molar-refractivity contribution in [3.05, 3.63) is 0 Å². The topological polar surface area (TPSA) is 78.9 Å². The SMILES string of the molecule is CC(NC(=O)N(CC(=O)O)C1CC1)C1CCOC1. The molecule has 18 heavy (non-hydrogen) atoms. The Kier molecular flexibility index (Phi) is 4.06. The zero-order chi connectivity index (χ0) is 13.1. The maximum Gasteiger partial charge on any atom is 0.323 e. The molecule has 6 heteroatoms. The van der Waals surface area contributed by atoms with E-state index in [1.54, 1.807) is 0 Å². The van der Waals surface area contributed by atoms with E-state index in [4.69, 9.17) is 9.84 Å². The Morgan fingerprint density at radius 1 is 1.44 bits per heavy atom. The maximum atomic E-state index is 12.0. The van der Waals surface area contributed by atoms with Crippen LogP contribution >= 0.6 is 0 Å². The highest BCUT2D eigenvalue weighted by Crippen LogP contribution is 2.27. The molecule has 2 aliphatic rings. The predicted molar refractivity (Wildman–Crippen MR) is 64.3 cm³/mol. The zero-order valence-corrected chi connectivity index (χ0v) is 10.6. The third-order valence-corrected chi connectivity index (χ3v) is 3.58. The van der Waals surface area contributed by atoms with Gasteiger partial charge in [0.05, 0.1) is 6.61 Å². The summed E-state index contributed by atoms with van der Waals surface area (Å²) in [5, 5.41) is 11.7. The number of carboxylic acid groups (broad SMARTS) is 1. The van der Waals surface area contributed by atoms with Crippen molar-refractivity contribution in [3.63, 3.8) is 0 Å². The van der Waals surface area contributed by atoms with E-state index < -0.39 is 5.97 Å². The van der Waals surface area contributed by atoms with Crippen LogP contribution in [-0.4, -0.2) is 53.8 Å². The molecule has 0 aromatic heterocycles. The molecule has 2 N–H and O–H groups in total. The summed E-state index contributed by atoms with van der Waals surface area (Å²) in [4.78, 5) is 24.2. The van der Waals surface area contributed by atoms with Crippen LogP contribution in [0, 0.1) is 5.92 Å². The van der Waals surface area contributed by atoms with Gasteiger partial charge >= 0.3 is 12.0 Å². The van der Waals surface area contributed by atoms with Crippen molar-refractivity contribution in [3.8, 4) is 0 Å². The molecule has 0 spiro atoms. The fourth-order valence-electron chi connectivity index (χ4n) is 2.24. The fraction of sp³-hybridized carbons (Fsp3) is 0.833. The third-order valence-electron chi connectivity index (χ3n) is 3.58. The molecule has 2 atom stereocenters. The lowest BCUT2D eigenvalue weighted by Crippen LogP contribution is -2.49. The van der Waals surface area contributed by atoms with Gasteiger partial charge in [-0.1, -0.05) is 0 Å². The van der Waals surface area contributed by atoms with Crippen molar-refractivity contribution < 1.29 is 19.4 Å². The van der Waals surface area contributed by atoms with Gasteiger partial charge < -0.3 is 20.1 Å². The first-order valence-corrected chi connectivity index (χ1v) is 6.44. The number of carboxylic acids is 1. The number of aliphatic carboxylic acids is 1. The average molecular weight is 256 g/mol. The Balaban J connectivity index is 1.85. The monoisotopic (exact) mass is 256 g/mol. The third kappa shape index (κ3) is 3.35. The Labute approximate surface area is 106 Å². The molecule has 0 bridgehead atoms. The first-order valence-electron chi connectivity index (χ1n) is 6.44. The summed E-state index contributed by atoms with van der Waals surface area (Å²) in [5.41, 5.74) is 0. The number of hydrogen-bond acceptors (Lipinski definition) is 3. The Bertz CT molecular complexity index is 324. The van der Waals surface area contributed by atoms with E-state index in [0.29, 0.717) is 12.5 Å². The first kappa shape index (κ1) is 13.1. The maximum absolute atomic E-state index is 12.0. The molecule has 2 amide bonds. The highest BCUT2D eigenvalue weighted by molar-refractivity contribution is 5.80. The van der Waals surface area contributed by atoms with Crippen LogP contribution in [0.25, 0.3) is 0 Å². The van der Waals surface area contributed by atoms with Crippen molar-refractivity contribution in [1.82, 2.24) is 10.2 Å². The van der Waals surface area contributed by atoms with Gasteiger partial charge in [0.2, 0.25) is 0 Å². The van der Waals surface area contributed by atoms with E-state index >= 15 is 0 Å². The van der Waals surface area contributed by atoms with E-state index in [-0.39, 0.29) is 24.7 Å². The number of amides is 2.